The third-order valence-electron chi connectivity index (χ3n) is 1.93. The molecule has 0 radical (unpaired) electrons. The Morgan fingerprint density at radius 1 is 1.31 bits per heavy atom. The highest BCUT2D eigenvalue weighted by molar-refractivity contribution is 5.85. The third-order valence-corrected chi connectivity index (χ3v) is 1.93. The van der Waals surface area contributed by atoms with Gasteiger partial charge in [0, 0.05) is 6.04 Å². The second-order valence-electron chi connectivity index (χ2n) is 3.12. The van der Waals surface area contributed by atoms with Gasteiger partial charge in [-0.15, -0.1) is 12.4 Å². The number of nitrogens with two attached hydrogens (primary N) is 1. The molecule has 0 spiro atoms. The fourth-order valence-electron chi connectivity index (χ4n) is 1.28. The number of halogens is 4. The molecule has 0 heterocycles. The van der Waals surface area contributed by atoms with Crippen molar-refractivity contribution >= 4 is 12.4 Å². The molecule has 0 saturated carbocycles. The number of nitriles is 1. The highest BCUT2D eigenvalue weighted by Gasteiger charge is 2.31. The molecule has 0 aliphatic heterocycles. The van der Waals surface area contributed by atoms with Crippen LogP contribution in [0.5, 0.6) is 0 Å². The van der Waals surface area contributed by atoms with Gasteiger partial charge in [-0.25, -0.2) is 0 Å². The summed E-state index contributed by atoms with van der Waals surface area (Å²) in [6.07, 6.45) is -5.44. The summed E-state index contributed by atoms with van der Waals surface area (Å²) in [5, 5.41) is 8.68. The van der Waals surface area contributed by atoms with Crippen LogP contribution in [-0.4, -0.2) is 6.18 Å². The van der Waals surface area contributed by atoms with Crippen molar-refractivity contribution in [2.24, 2.45) is 5.73 Å². The first-order valence-corrected chi connectivity index (χ1v) is 4.25. The number of benzene rings is 1. The van der Waals surface area contributed by atoms with Crippen molar-refractivity contribution in [1.82, 2.24) is 0 Å². The fourth-order valence-corrected chi connectivity index (χ4v) is 1.28. The predicted octanol–water partition coefficient (Wildman–Crippen LogP) is 2.93. The molecule has 2 N–H and O–H groups in total. The van der Waals surface area contributed by atoms with Crippen LogP contribution in [0.15, 0.2) is 24.3 Å². The Balaban J connectivity index is 0.00000225. The van der Waals surface area contributed by atoms with Crippen molar-refractivity contribution in [1.29, 1.82) is 5.26 Å². The van der Waals surface area contributed by atoms with E-state index < -0.39 is 18.6 Å². The van der Waals surface area contributed by atoms with Gasteiger partial charge in [0.25, 0.3) is 0 Å². The van der Waals surface area contributed by atoms with Crippen LogP contribution in [0.4, 0.5) is 13.2 Å². The largest absolute Gasteiger partial charge is 0.390 e. The van der Waals surface area contributed by atoms with Gasteiger partial charge in [0.05, 0.1) is 18.1 Å². The summed E-state index contributed by atoms with van der Waals surface area (Å²) < 4.78 is 36.2. The van der Waals surface area contributed by atoms with E-state index in [9.17, 15) is 13.2 Å². The molecule has 0 fully saturated rings. The molecule has 16 heavy (non-hydrogen) atoms. The summed E-state index contributed by atoms with van der Waals surface area (Å²) in [4.78, 5) is 0. The molecule has 0 aliphatic rings. The Kier molecular flexibility index (Phi) is 5.28. The van der Waals surface area contributed by atoms with E-state index in [4.69, 9.17) is 11.0 Å². The van der Waals surface area contributed by atoms with Gasteiger partial charge in [-0.3, -0.25) is 0 Å². The first kappa shape index (κ1) is 14.8. The topological polar surface area (TPSA) is 49.8 Å². The Morgan fingerprint density at radius 2 is 1.88 bits per heavy atom. The summed E-state index contributed by atoms with van der Waals surface area (Å²) in [7, 11) is 0. The zero-order chi connectivity index (χ0) is 11.5. The van der Waals surface area contributed by atoms with E-state index in [-0.39, 0.29) is 23.5 Å². The van der Waals surface area contributed by atoms with Crippen molar-refractivity contribution in [3.8, 4) is 6.07 Å². The molecule has 0 saturated heterocycles. The molecular formula is C10H10ClF3N2. The average Bonchev–Trinajstić information content (AvgIpc) is 2.15. The Morgan fingerprint density at radius 3 is 2.38 bits per heavy atom. The lowest BCUT2D eigenvalue weighted by molar-refractivity contribution is -0.138. The van der Waals surface area contributed by atoms with Gasteiger partial charge < -0.3 is 5.73 Å². The van der Waals surface area contributed by atoms with Crippen molar-refractivity contribution < 1.29 is 13.2 Å². The second-order valence-corrected chi connectivity index (χ2v) is 3.12. The molecule has 0 unspecified atom stereocenters. The molecule has 6 heteroatoms. The summed E-state index contributed by atoms with van der Waals surface area (Å²) in [5.41, 5.74) is 5.81. The van der Waals surface area contributed by atoms with Gasteiger partial charge in [-0.2, -0.15) is 18.4 Å². The van der Waals surface area contributed by atoms with Crippen LogP contribution in [0.1, 0.15) is 23.6 Å². The maximum atomic E-state index is 12.1. The first-order valence-electron chi connectivity index (χ1n) is 4.25. The normalized spacial score (nSPS) is 12.4. The van der Waals surface area contributed by atoms with Crippen molar-refractivity contribution in [3.05, 3.63) is 35.4 Å². The molecule has 2 nitrogen and oxygen atoms in total. The van der Waals surface area contributed by atoms with E-state index in [1.807, 2.05) is 6.07 Å². The van der Waals surface area contributed by atoms with E-state index in [2.05, 4.69) is 0 Å². The third kappa shape index (κ3) is 4.09. The SMILES string of the molecule is Cl.N#Cc1ccccc1[C@H](N)CC(F)(F)F. The quantitative estimate of drug-likeness (QED) is 0.877. The zero-order valence-corrected chi connectivity index (χ0v) is 8.98. The van der Waals surface area contributed by atoms with Gasteiger partial charge in [-0.1, -0.05) is 18.2 Å². The molecule has 88 valence electrons. The summed E-state index contributed by atoms with van der Waals surface area (Å²) in [6.45, 7) is 0. The Hall–Kier alpha value is -1.25. The maximum Gasteiger partial charge on any atom is 0.390 e. The van der Waals surface area contributed by atoms with Gasteiger partial charge in [-0.05, 0) is 11.6 Å². The molecule has 1 atom stereocenters. The van der Waals surface area contributed by atoms with E-state index in [0.717, 1.165) is 0 Å². The number of hydrogen-bond donors (Lipinski definition) is 1. The second kappa shape index (κ2) is 5.73. The molecule has 0 aromatic heterocycles. The minimum atomic E-state index is -4.32. The highest BCUT2D eigenvalue weighted by atomic mass is 35.5. The summed E-state index contributed by atoms with van der Waals surface area (Å²) >= 11 is 0. The average molecular weight is 251 g/mol. The fraction of sp³-hybridized carbons (Fsp3) is 0.300. The molecule has 1 aromatic carbocycles. The minimum absolute atomic E-state index is 0. The molecule has 0 bridgehead atoms. The summed E-state index contributed by atoms with van der Waals surface area (Å²) in [5.74, 6) is 0. The van der Waals surface area contributed by atoms with Gasteiger partial charge in [0.1, 0.15) is 0 Å². The van der Waals surface area contributed by atoms with E-state index >= 15 is 0 Å². The zero-order valence-electron chi connectivity index (χ0n) is 8.16. The van der Waals surface area contributed by atoms with Crippen molar-refractivity contribution in [2.75, 3.05) is 0 Å². The lowest BCUT2D eigenvalue weighted by Gasteiger charge is -2.15. The lowest BCUT2D eigenvalue weighted by atomic mass is 9.99. The number of rotatable bonds is 2. The van der Waals surface area contributed by atoms with Crippen LogP contribution >= 0.6 is 12.4 Å². The van der Waals surface area contributed by atoms with Gasteiger partial charge >= 0.3 is 6.18 Å². The standard InChI is InChI=1S/C10H9F3N2.ClH/c11-10(12,13)5-9(15)8-4-2-1-3-7(8)6-14;/h1-4,9H,5,15H2;1H/t9-;/m1./s1. The van der Waals surface area contributed by atoms with Crippen LogP contribution in [0.3, 0.4) is 0 Å². The monoisotopic (exact) mass is 250 g/mol. The maximum absolute atomic E-state index is 12.1. The number of hydrogen-bond acceptors (Lipinski definition) is 2. The smallest absolute Gasteiger partial charge is 0.324 e. The van der Waals surface area contributed by atoms with Gasteiger partial charge in [0.15, 0.2) is 0 Å². The van der Waals surface area contributed by atoms with Crippen LogP contribution in [-0.2, 0) is 0 Å². The van der Waals surface area contributed by atoms with Crippen LogP contribution in [0, 0.1) is 11.3 Å². The number of nitrogens with zero attached hydrogens (tertiary/aromatic N) is 1. The minimum Gasteiger partial charge on any atom is -0.324 e. The summed E-state index contributed by atoms with van der Waals surface area (Å²) in [6, 6.07) is 6.67. The van der Waals surface area contributed by atoms with Gasteiger partial charge in [0.2, 0.25) is 0 Å². The number of alkyl halides is 3. The van der Waals surface area contributed by atoms with E-state index in [0.29, 0.717) is 0 Å². The Bertz CT molecular complexity index is 384. The van der Waals surface area contributed by atoms with Crippen LogP contribution in [0.2, 0.25) is 0 Å². The predicted molar refractivity (Wildman–Crippen MR) is 56.0 cm³/mol. The highest BCUT2D eigenvalue weighted by Crippen LogP contribution is 2.29. The molecule has 0 amide bonds. The Labute approximate surface area is 97.3 Å². The van der Waals surface area contributed by atoms with Crippen molar-refractivity contribution in [2.45, 2.75) is 18.6 Å². The molecule has 1 aromatic rings. The molecular weight excluding hydrogens is 241 g/mol. The molecule has 1 rings (SSSR count). The first-order chi connectivity index (χ1) is 6.94. The van der Waals surface area contributed by atoms with E-state index in [1.54, 1.807) is 12.1 Å². The van der Waals surface area contributed by atoms with E-state index in [1.165, 1.54) is 12.1 Å². The van der Waals surface area contributed by atoms with Crippen LogP contribution < -0.4 is 5.73 Å². The van der Waals surface area contributed by atoms with Crippen LogP contribution in [0.25, 0.3) is 0 Å². The lowest BCUT2D eigenvalue weighted by Crippen LogP contribution is -2.20. The van der Waals surface area contributed by atoms with Crippen molar-refractivity contribution in [3.63, 3.8) is 0 Å². The molecule has 0 aliphatic carbocycles.